The van der Waals surface area contributed by atoms with Gasteiger partial charge in [-0.2, -0.15) is 0 Å². The van der Waals surface area contributed by atoms with E-state index in [-0.39, 0.29) is 35.8 Å². The number of nitrogens with zero attached hydrogens (tertiary/aromatic N) is 2. The van der Waals surface area contributed by atoms with Gasteiger partial charge < -0.3 is 24.9 Å². The number of carbonyl (C=O) groups is 3. The lowest BCUT2D eigenvalue weighted by Crippen LogP contribution is -2.42. The highest BCUT2D eigenvalue weighted by Gasteiger charge is 2.22. The molecule has 0 aliphatic carbocycles. The summed E-state index contributed by atoms with van der Waals surface area (Å²) in [6, 6.07) is 11.5. The smallest absolute Gasteiger partial charge is 0.415 e. The molecular formula is C21H20ClN3O5. The number of carboxylic acids is 1. The molecule has 2 rings (SSSR count). The molecule has 0 aliphatic heterocycles. The van der Waals surface area contributed by atoms with E-state index in [0.717, 1.165) is 0 Å². The van der Waals surface area contributed by atoms with Crippen LogP contribution in [0.5, 0.6) is 5.75 Å². The Morgan fingerprint density at radius 3 is 2.47 bits per heavy atom. The Balaban J connectivity index is 2.00. The zero-order chi connectivity index (χ0) is 22.1. The molecule has 0 saturated heterocycles. The van der Waals surface area contributed by atoms with Gasteiger partial charge in [0.05, 0.1) is 17.1 Å². The topological polar surface area (TPSA) is 100 Å². The van der Waals surface area contributed by atoms with Gasteiger partial charge in [0.2, 0.25) is 6.54 Å². The molecule has 0 bridgehead atoms. The zero-order valence-corrected chi connectivity index (χ0v) is 16.9. The molecule has 0 aromatic heterocycles. The Hall–Kier alpha value is -3.57. The van der Waals surface area contributed by atoms with Crippen LogP contribution < -0.4 is 10.1 Å². The second-order valence-corrected chi connectivity index (χ2v) is 6.77. The SMILES string of the molecule is [C-]#[N+]CCN(C)C(=O)Oc1ccc(CC(NC(=O)c2ccccc2Cl)C(=O)O)cc1. The summed E-state index contributed by atoms with van der Waals surface area (Å²) in [6.07, 6.45) is -0.563. The van der Waals surface area contributed by atoms with Crippen LogP contribution in [0.2, 0.25) is 5.02 Å². The van der Waals surface area contributed by atoms with Gasteiger partial charge in [-0.15, -0.1) is 0 Å². The number of ether oxygens (including phenoxy) is 1. The van der Waals surface area contributed by atoms with Gasteiger partial charge in [0.1, 0.15) is 11.8 Å². The fraction of sp³-hybridized carbons (Fsp3) is 0.238. The molecule has 1 unspecified atom stereocenters. The van der Waals surface area contributed by atoms with Crippen LogP contribution in [-0.4, -0.2) is 54.2 Å². The van der Waals surface area contributed by atoms with Crippen molar-refractivity contribution in [2.75, 3.05) is 20.1 Å². The third kappa shape index (κ3) is 6.50. The lowest BCUT2D eigenvalue weighted by atomic mass is 10.1. The second-order valence-electron chi connectivity index (χ2n) is 6.36. The van der Waals surface area contributed by atoms with Crippen molar-refractivity contribution in [3.05, 3.63) is 76.1 Å². The number of halogens is 1. The standard InChI is InChI=1S/C21H20ClN3O5/c1-23-11-12-25(2)21(29)30-15-9-7-14(8-10-15)13-18(20(27)28)24-19(26)16-5-3-4-6-17(16)22/h3-10,18H,11-13H2,2H3,(H,24,26)(H,27,28). The average molecular weight is 430 g/mol. The van der Waals surface area contributed by atoms with E-state index >= 15 is 0 Å². The van der Waals surface area contributed by atoms with Crippen LogP contribution in [0.4, 0.5) is 4.79 Å². The van der Waals surface area contributed by atoms with Gasteiger partial charge >= 0.3 is 12.1 Å². The number of benzene rings is 2. The first kappa shape index (κ1) is 22.7. The Bertz CT molecular complexity index is 956. The number of amides is 2. The van der Waals surface area contributed by atoms with Gasteiger partial charge in [0, 0.05) is 13.5 Å². The number of nitrogens with one attached hydrogen (secondary N) is 1. The summed E-state index contributed by atoms with van der Waals surface area (Å²) < 4.78 is 5.20. The summed E-state index contributed by atoms with van der Waals surface area (Å²) in [5.74, 6) is -1.49. The molecule has 156 valence electrons. The minimum atomic E-state index is -1.19. The van der Waals surface area contributed by atoms with Gasteiger partial charge in [-0.05, 0) is 29.8 Å². The molecule has 2 N–H and O–H groups in total. The minimum absolute atomic E-state index is 0.0324. The average Bonchev–Trinajstić information content (AvgIpc) is 2.72. The molecule has 2 aromatic carbocycles. The van der Waals surface area contributed by atoms with E-state index < -0.39 is 24.0 Å². The number of hydrogen-bond acceptors (Lipinski definition) is 4. The maximum atomic E-state index is 12.3. The van der Waals surface area contributed by atoms with E-state index in [1.807, 2.05) is 0 Å². The van der Waals surface area contributed by atoms with Crippen LogP contribution in [0.25, 0.3) is 4.85 Å². The van der Waals surface area contributed by atoms with Crippen LogP contribution in [0.1, 0.15) is 15.9 Å². The maximum Gasteiger partial charge on any atom is 0.415 e. The van der Waals surface area contributed by atoms with Crippen molar-refractivity contribution in [2.45, 2.75) is 12.5 Å². The molecule has 0 spiro atoms. The van der Waals surface area contributed by atoms with E-state index in [9.17, 15) is 19.5 Å². The highest BCUT2D eigenvalue weighted by molar-refractivity contribution is 6.33. The molecule has 9 heteroatoms. The van der Waals surface area contributed by atoms with Crippen molar-refractivity contribution in [1.29, 1.82) is 0 Å². The summed E-state index contributed by atoms with van der Waals surface area (Å²) in [5, 5.41) is 12.2. The number of aliphatic carboxylic acids is 1. The molecule has 30 heavy (non-hydrogen) atoms. The molecule has 2 aromatic rings. The first-order chi connectivity index (χ1) is 14.3. The van der Waals surface area contributed by atoms with Crippen molar-refractivity contribution in [3.63, 3.8) is 0 Å². The monoisotopic (exact) mass is 429 g/mol. The number of hydrogen-bond donors (Lipinski definition) is 2. The normalized spacial score (nSPS) is 11.1. The molecule has 2 amide bonds. The fourth-order valence-corrected chi connectivity index (χ4v) is 2.70. The summed E-state index contributed by atoms with van der Waals surface area (Å²) in [6.45, 7) is 7.18. The van der Waals surface area contributed by atoms with E-state index in [2.05, 4.69) is 10.2 Å². The Morgan fingerprint density at radius 1 is 1.20 bits per heavy atom. The van der Waals surface area contributed by atoms with E-state index in [1.54, 1.807) is 30.3 Å². The van der Waals surface area contributed by atoms with Crippen LogP contribution >= 0.6 is 11.6 Å². The molecule has 8 nitrogen and oxygen atoms in total. The van der Waals surface area contributed by atoms with Crippen molar-refractivity contribution in [1.82, 2.24) is 10.2 Å². The van der Waals surface area contributed by atoms with Crippen molar-refractivity contribution < 1.29 is 24.2 Å². The predicted molar refractivity (Wildman–Crippen MR) is 111 cm³/mol. The number of likely N-dealkylation sites (N-methyl/N-ethyl adjacent to an activating group) is 1. The van der Waals surface area contributed by atoms with Crippen molar-refractivity contribution in [2.24, 2.45) is 0 Å². The van der Waals surface area contributed by atoms with Crippen LogP contribution in [0.3, 0.4) is 0 Å². The summed E-state index contributed by atoms with van der Waals surface area (Å²) >= 11 is 5.98. The van der Waals surface area contributed by atoms with Gasteiger partial charge in [-0.3, -0.25) is 4.79 Å². The number of carboxylic acid groups (broad SMARTS) is 1. The summed E-state index contributed by atoms with van der Waals surface area (Å²) in [5.41, 5.74) is 0.818. The molecule has 0 aliphatic rings. The van der Waals surface area contributed by atoms with Gasteiger partial charge in [-0.25, -0.2) is 16.2 Å². The molecule has 0 fully saturated rings. The number of rotatable bonds is 8. The van der Waals surface area contributed by atoms with E-state index in [4.69, 9.17) is 22.9 Å². The van der Waals surface area contributed by atoms with Gasteiger partial charge in [0.15, 0.2) is 0 Å². The van der Waals surface area contributed by atoms with Gasteiger partial charge in [-0.1, -0.05) is 35.9 Å². The summed E-state index contributed by atoms with van der Waals surface area (Å²) in [4.78, 5) is 40.3. The highest BCUT2D eigenvalue weighted by Crippen LogP contribution is 2.17. The van der Waals surface area contributed by atoms with Crippen LogP contribution in [0, 0.1) is 6.57 Å². The van der Waals surface area contributed by atoms with Gasteiger partial charge in [0.25, 0.3) is 5.91 Å². The minimum Gasteiger partial charge on any atom is -0.480 e. The van der Waals surface area contributed by atoms with E-state index in [1.165, 1.54) is 30.1 Å². The first-order valence-corrected chi connectivity index (χ1v) is 9.33. The molecule has 0 heterocycles. The Kier molecular flexibility index (Phi) is 8.20. The third-order valence-electron chi connectivity index (χ3n) is 4.15. The first-order valence-electron chi connectivity index (χ1n) is 8.95. The van der Waals surface area contributed by atoms with Crippen molar-refractivity contribution in [3.8, 4) is 5.75 Å². The summed E-state index contributed by atoms with van der Waals surface area (Å²) in [7, 11) is 1.53. The molecule has 0 saturated carbocycles. The number of carbonyl (C=O) groups excluding carboxylic acids is 2. The lowest BCUT2D eigenvalue weighted by Gasteiger charge is -2.16. The predicted octanol–water partition coefficient (Wildman–Crippen LogP) is 3.12. The van der Waals surface area contributed by atoms with Crippen molar-refractivity contribution >= 4 is 29.6 Å². The zero-order valence-electron chi connectivity index (χ0n) is 16.2. The second kappa shape index (κ2) is 10.8. The Labute approximate surface area is 178 Å². The molecule has 0 radical (unpaired) electrons. The van der Waals surface area contributed by atoms with Crippen LogP contribution in [0.15, 0.2) is 48.5 Å². The van der Waals surface area contributed by atoms with Crippen LogP contribution in [-0.2, 0) is 11.2 Å². The molecular weight excluding hydrogens is 410 g/mol. The third-order valence-corrected chi connectivity index (χ3v) is 4.48. The highest BCUT2D eigenvalue weighted by atomic mass is 35.5. The largest absolute Gasteiger partial charge is 0.480 e. The lowest BCUT2D eigenvalue weighted by molar-refractivity contribution is -0.139. The fourth-order valence-electron chi connectivity index (χ4n) is 2.48. The quantitative estimate of drug-likeness (QED) is 0.628. The Morgan fingerprint density at radius 2 is 1.87 bits per heavy atom. The van der Waals surface area contributed by atoms with E-state index in [0.29, 0.717) is 5.56 Å². The molecule has 1 atom stereocenters. The maximum absolute atomic E-state index is 12.3.